The molecule has 1 aromatic rings. The van der Waals surface area contributed by atoms with E-state index in [2.05, 4.69) is 10.6 Å². The van der Waals surface area contributed by atoms with E-state index >= 15 is 0 Å². The molecule has 0 aliphatic heterocycles. The Morgan fingerprint density at radius 1 is 1.25 bits per heavy atom. The van der Waals surface area contributed by atoms with E-state index in [1.54, 1.807) is 20.8 Å². The number of hydrogen-bond acceptors (Lipinski definition) is 3. The van der Waals surface area contributed by atoms with Crippen molar-refractivity contribution < 1.29 is 18.0 Å². The van der Waals surface area contributed by atoms with E-state index in [-0.39, 0.29) is 23.8 Å². The van der Waals surface area contributed by atoms with E-state index in [9.17, 15) is 18.0 Å². The molecule has 4 N–H and O–H groups in total. The molecule has 0 atom stereocenters. The van der Waals surface area contributed by atoms with Crippen molar-refractivity contribution >= 4 is 17.3 Å². The fraction of sp³-hybridized carbons (Fsp3) is 0.462. The van der Waals surface area contributed by atoms with Crippen molar-refractivity contribution in [3.05, 3.63) is 23.8 Å². The van der Waals surface area contributed by atoms with Crippen molar-refractivity contribution in [3.8, 4) is 0 Å². The second-order valence-electron chi connectivity index (χ2n) is 5.45. The molecule has 0 spiro atoms. The van der Waals surface area contributed by atoms with Crippen molar-refractivity contribution in [3.63, 3.8) is 0 Å². The van der Waals surface area contributed by atoms with Gasteiger partial charge in [0.25, 0.3) is 0 Å². The highest BCUT2D eigenvalue weighted by molar-refractivity contribution is 5.81. The predicted molar refractivity (Wildman–Crippen MR) is 72.2 cm³/mol. The lowest BCUT2D eigenvalue weighted by molar-refractivity contribution is -0.137. The Labute approximate surface area is 115 Å². The number of hydrogen-bond donors (Lipinski definition) is 3. The summed E-state index contributed by atoms with van der Waals surface area (Å²) in [5, 5.41) is 5.13. The number of carbonyl (C=O) groups excluding carboxylic acids is 1. The van der Waals surface area contributed by atoms with Gasteiger partial charge in [0.05, 0.1) is 12.1 Å². The standard InChI is InChI=1S/C13H18F3N3O/c1-12(2,3)19-11(20)7-18-10-5-4-8(17)6-9(10)13(14,15)16/h4-6,18H,7,17H2,1-3H3,(H,19,20). The van der Waals surface area contributed by atoms with Crippen molar-refractivity contribution in [2.45, 2.75) is 32.5 Å². The van der Waals surface area contributed by atoms with Crippen LogP contribution in [0.3, 0.4) is 0 Å². The van der Waals surface area contributed by atoms with Gasteiger partial charge < -0.3 is 16.4 Å². The SMILES string of the molecule is CC(C)(C)NC(=O)CNc1ccc(N)cc1C(F)(F)F. The Hall–Kier alpha value is -1.92. The third-order valence-corrected chi connectivity index (χ3v) is 2.30. The highest BCUT2D eigenvalue weighted by Gasteiger charge is 2.33. The van der Waals surface area contributed by atoms with Crippen LogP contribution in [0.25, 0.3) is 0 Å². The summed E-state index contributed by atoms with van der Waals surface area (Å²) in [4.78, 5) is 11.6. The summed E-state index contributed by atoms with van der Waals surface area (Å²) in [6.45, 7) is 5.12. The molecule has 0 fully saturated rings. The summed E-state index contributed by atoms with van der Waals surface area (Å²) >= 11 is 0. The van der Waals surface area contributed by atoms with Gasteiger partial charge in [0, 0.05) is 16.9 Å². The molecule has 0 aliphatic rings. The summed E-state index contributed by atoms with van der Waals surface area (Å²) < 4.78 is 38.5. The van der Waals surface area contributed by atoms with Crippen molar-refractivity contribution in [1.82, 2.24) is 5.32 Å². The van der Waals surface area contributed by atoms with E-state index in [0.29, 0.717) is 0 Å². The first-order valence-corrected chi connectivity index (χ1v) is 6.00. The van der Waals surface area contributed by atoms with E-state index in [1.165, 1.54) is 12.1 Å². The number of anilines is 2. The molecule has 1 rings (SSSR count). The van der Waals surface area contributed by atoms with Crippen LogP contribution in [0, 0.1) is 0 Å². The molecule has 0 saturated heterocycles. The first-order valence-electron chi connectivity index (χ1n) is 6.00. The maximum atomic E-state index is 12.8. The number of carbonyl (C=O) groups is 1. The number of amides is 1. The van der Waals surface area contributed by atoms with Gasteiger partial charge in [-0.3, -0.25) is 4.79 Å². The molecule has 0 unspecified atom stereocenters. The van der Waals surface area contributed by atoms with Crippen LogP contribution >= 0.6 is 0 Å². The summed E-state index contributed by atoms with van der Waals surface area (Å²) in [6.07, 6.45) is -4.53. The molecule has 4 nitrogen and oxygen atoms in total. The average Bonchev–Trinajstić information content (AvgIpc) is 2.23. The summed E-state index contributed by atoms with van der Waals surface area (Å²) in [5.74, 6) is -0.387. The maximum Gasteiger partial charge on any atom is 0.418 e. The number of nitrogens with two attached hydrogens (primary N) is 1. The van der Waals surface area contributed by atoms with Crippen molar-refractivity contribution in [1.29, 1.82) is 0 Å². The monoisotopic (exact) mass is 289 g/mol. The van der Waals surface area contributed by atoms with Crippen LogP contribution in [0.5, 0.6) is 0 Å². The summed E-state index contributed by atoms with van der Waals surface area (Å²) in [6, 6.07) is 3.39. The van der Waals surface area contributed by atoms with E-state index in [0.717, 1.165) is 6.07 Å². The molecule has 0 bridgehead atoms. The maximum absolute atomic E-state index is 12.8. The van der Waals surface area contributed by atoms with Crippen LogP contribution in [-0.4, -0.2) is 18.0 Å². The normalized spacial score (nSPS) is 12.1. The Bertz CT molecular complexity index is 493. The first-order chi connectivity index (χ1) is 8.99. The molecule has 0 aromatic heterocycles. The van der Waals surface area contributed by atoms with Crippen LogP contribution in [0.4, 0.5) is 24.5 Å². The van der Waals surface area contributed by atoms with Gasteiger partial charge in [-0.2, -0.15) is 13.2 Å². The lowest BCUT2D eigenvalue weighted by Gasteiger charge is -2.21. The Kier molecular flexibility index (Phi) is 4.52. The van der Waals surface area contributed by atoms with Gasteiger partial charge in [0.1, 0.15) is 0 Å². The van der Waals surface area contributed by atoms with Gasteiger partial charge in [-0.05, 0) is 39.0 Å². The van der Waals surface area contributed by atoms with Gasteiger partial charge in [-0.25, -0.2) is 0 Å². The van der Waals surface area contributed by atoms with Gasteiger partial charge >= 0.3 is 6.18 Å². The molecule has 1 aromatic carbocycles. The third kappa shape index (κ3) is 4.99. The molecule has 112 valence electrons. The van der Waals surface area contributed by atoms with Crippen LogP contribution in [0.15, 0.2) is 18.2 Å². The second-order valence-corrected chi connectivity index (χ2v) is 5.45. The Balaban J connectivity index is 2.81. The number of nitrogen functional groups attached to an aromatic ring is 1. The minimum absolute atomic E-state index is 0.0158. The molecular formula is C13H18F3N3O. The number of halogens is 3. The first kappa shape index (κ1) is 16.1. The van der Waals surface area contributed by atoms with E-state index in [1.807, 2.05) is 0 Å². The fourth-order valence-corrected chi connectivity index (χ4v) is 1.59. The lowest BCUT2D eigenvalue weighted by Crippen LogP contribution is -2.43. The molecule has 0 aliphatic carbocycles. The van der Waals surface area contributed by atoms with Crippen LogP contribution < -0.4 is 16.4 Å². The predicted octanol–water partition coefficient (Wildman–Crippen LogP) is 2.61. The molecule has 0 radical (unpaired) electrons. The van der Waals surface area contributed by atoms with Gasteiger partial charge in [-0.1, -0.05) is 0 Å². The minimum atomic E-state index is -4.53. The molecular weight excluding hydrogens is 271 g/mol. The third-order valence-electron chi connectivity index (χ3n) is 2.30. The number of rotatable bonds is 3. The summed E-state index contributed by atoms with van der Waals surface area (Å²) in [5.41, 5.74) is 3.88. The zero-order chi connectivity index (χ0) is 15.6. The molecule has 7 heteroatoms. The molecule has 0 saturated carbocycles. The Morgan fingerprint density at radius 2 is 1.85 bits per heavy atom. The largest absolute Gasteiger partial charge is 0.418 e. The molecule has 0 heterocycles. The highest BCUT2D eigenvalue weighted by Crippen LogP contribution is 2.35. The smallest absolute Gasteiger partial charge is 0.399 e. The minimum Gasteiger partial charge on any atom is -0.399 e. The van der Waals surface area contributed by atoms with Gasteiger partial charge in [0.2, 0.25) is 5.91 Å². The quantitative estimate of drug-likeness (QED) is 0.749. The molecule has 20 heavy (non-hydrogen) atoms. The van der Waals surface area contributed by atoms with Gasteiger partial charge in [-0.15, -0.1) is 0 Å². The Morgan fingerprint density at radius 3 is 2.35 bits per heavy atom. The van der Waals surface area contributed by atoms with Crippen molar-refractivity contribution in [2.24, 2.45) is 0 Å². The zero-order valence-electron chi connectivity index (χ0n) is 11.6. The van der Waals surface area contributed by atoms with Gasteiger partial charge in [0.15, 0.2) is 0 Å². The van der Waals surface area contributed by atoms with E-state index in [4.69, 9.17) is 5.73 Å². The van der Waals surface area contributed by atoms with Crippen LogP contribution in [-0.2, 0) is 11.0 Å². The van der Waals surface area contributed by atoms with Crippen LogP contribution in [0.1, 0.15) is 26.3 Å². The number of alkyl halides is 3. The zero-order valence-corrected chi connectivity index (χ0v) is 11.6. The second kappa shape index (κ2) is 5.60. The van der Waals surface area contributed by atoms with E-state index < -0.39 is 17.3 Å². The fourth-order valence-electron chi connectivity index (χ4n) is 1.59. The average molecular weight is 289 g/mol. The number of nitrogens with one attached hydrogen (secondary N) is 2. The molecule has 1 amide bonds. The summed E-state index contributed by atoms with van der Waals surface area (Å²) in [7, 11) is 0. The topological polar surface area (TPSA) is 67.2 Å². The highest BCUT2D eigenvalue weighted by atomic mass is 19.4. The van der Waals surface area contributed by atoms with Crippen LogP contribution in [0.2, 0.25) is 0 Å². The lowest BCUT2D eigenvalue weighted by atomic mass is 10.1. The number of benzene rings is 1. The van der Waals surface area contributed by atoms with Crippen molar-refractivity contribution in [2.75, 3.05) is 17.6 Å².